The topological polar surface area (TPSA) is 72.0 Å². The number of methoxy groups -OCH3 is 1. The molecule has 2 aromatic carbocycles. The highest BCUT2D eigenvalue weighted by Crippen LogP contribution is 2.34. The molecule has 1 aliphatic rings. The second-order valence-electron chi connectivity index (χ2n) is 7.87. The Balaban J connectivity index is 1.41. The van der Waals surface area contributed by atoms with Gasteiger partial charge in [-0.15, -0.1) is 11.3 Å². The van der Waals surface area contributed by atoms with E-state index in [2.05, 4.69) is 23.2 Å². The van der Waals surface area contributed by atoms with E-state index in [4.69, 9.17) is 9.72 Å². The number of rotatable bonds is 5. The fourth-order valence-electron chi connectivity index (χ4n) is 4.17. The molecule has 0 saturated heterocycles. The molecule has 0 spiro atoms. The Morgan fingerprint density at radius 1 is 1.16 bits per heavy atom. The number of ether oxygens (including phenoxy) is 1. The molecule has 162 valence electrons. The van der Waals surface area contributed by atoms with Gasteiger partial charge in [0, 0.05) is 16.7 Å². The van der Waals surface area contributed by atoms with Crippen molar-refractivity contribution in [1.82, 2.24) is 9.97 Å². The van der Waals surface area contributed by atoms with Gasteiger partial charge in [0.05, 0.1) is 18.1 Å². The van der Waals surface area contributed by atoms with Gasteiger partial charge < -0.3 is 9.72 Å². The number of hydrogen-bond acceptors (Lipinski definition) is 6. The molecule has 0 unspecified atom stereocenters. The first-order valence-electron chi connectivity index (χ1n) is 10.6. The monoisotopic (exact) mass is 462 g/mol. The molecule has 32 heavy (non-hydrogen) atoms. The van der Waals surface area contributed by atoms with Gasteiger partial charge in [-0.3, -0.25) is 4.79 Å². The summed E-state index contributed by atoms with van der Waals surface area (Å²) >= 11 is 2.94. The number of benzene rings is 2. The summed E-state index contributed by atoms with van der Waals surface area (Å²) in [6, 6.07) is 13.9. The van der Waals surface area contributed by atoms with Crippen LogP contribution in [0.3, 0.4) is 0 Å². The summed E-state index contributed by atoms with van der Waals surface area (Å²) in [7, 11) is 1.37. The van der Waals surface area contributed by atoms with Crippen LogP contribution >= 0.6 is 23.1 Å². The predicted octanol–water partition coefficient (Wildman–Crippen LogP) is 5.61. The molecular weight excluding hydrogens is 440 g/mol. The summed E-state index contributed by atoms with van der Waals surface area (Å²) in [5.74, 6) is 0.223. The maximum atomic E-state index is 13.0. The lowest BCUT2D eigenvalue weighted by molar-refractivity contribution is 0.0600. The van der Waals surface area contributed by atoms with Crippen LogP contribution in [-0.2, 0) is 23.3 Å². The van der Waals surface area contributed by atoms with E-state index in [0.717, 1.165) is 34.4 Å². The smallest absolute Gasteiger partial charge is 0.337 e. The quantitative estimate of drug-likeness (QED) is 0.237. The highest BCUT2D eigenvalue weighted by atomic mass is 32.2. The van der Waals surface area contributed by atoms with Gasteiger partial charge in [0.1, 0.15) is 4.83 Å². The summed E-state index contributed by atoms with van der Waals surface area (Å²) < 4.78 is 4.78. The third-order valence-electron chi connectivity index (χ3n) is 5.81. The predicted molar refractivity (Wildman–Crippen MR) is 130 cm³/mol. The number of carbonyl (C=O) groups excluding carboxylic acids is 1. The first kappa shape index (κ1) is 21.0. The molecule has 1 N–H and O–H groups in total. The van der Waals surface area contributed by atoms with Crippen LogP contribution in [-0.4, -0.2) is 23.0 Å². The summed E-state index contributed by atoms with van der Waals surface area (Å²) in [4.78, 5) is 33.1. The van der Waals surface area contributed by atoms with E-state index in [1.54, 1.807) is 12.1 Å². The largest absolute Gasteiger partial charge is 0.465 e. The molecule has 2 aromatic heterocycles. The Morgan fingerprint density at radius 3 is 2.84 bits per heavy atom. The van der Waals surface area contributed by atoms with Gasteiger partial charge in [-0.05, 0) is 60.1 Å². The van der Waals surface area contributed by atoms with Crippen molar-refractivity contribution < 1.29 is 9.53 Å². The minimum atomic E-state index is -0.363. The zero-order chi connectivity index (χ0) is 22.1. The SMILES string of the molecule is COC(=O)c1cccc(CSc2nc3scc(-c4ccc5c(c4)CCCC5)c3c(=O)[nH]2)c1. The average Bonchev–Trinajstić information content (AvgIpc) is 3.27. The summed E-state index contributed by atoms with van der Waals surface area (Å²) in [6.07, 6.45) is 4.74. The first-order chi connectivity index (χ1) is 15.6. The van der Waals surface area contributed by atoms with Crippen molar-refractivity contribution in [3.63, 3.8) is 0 Å². The van der Waals surface area contributed by atoms with Crippen LogP contribution in [0.2, 0.25) is 0 Å². The number of thioether (sulfide) groups is 1. The van der Waals surface area contributed by atoms with Crippen LogP contribution in [0.4, 0.5) is 0 Å². The van der Waals surface area contributed by atoms with Crippen molar-refractivity contribution in [2.75, 3.05) is 7.11 Å². The molecule has 5 rings (SSSR count). The number of thiophene rings is 1. The molecule has 1 aliphatic carbocycles. The van der Waals surface area contributed by atoms with E-state index >= 15 is 0 Å². The number of nitrogens with zero attached hydrogens (tertiary/aromatic N) is 1. The van der Waals surface area contributed by atoms with Crippen LogP contribution in [0.25, 0.3) is 21.3 Å². The van der Waals surface area contributed by atoms with Gasteiger partial charge in [-0.2, -0.15) is 0 Å². The zero-order valence-corrected chi connectivity index (χ0v) is 19.3. The number of hydrogen-bond donors (Lipinski definition) is 1. The van der Waals surface area contributed by atoms with Crippen LogP contribution in [0.15, 0.2) is 57.8 Å². The maximum Gasteiger partial charge on any atom is 0.337 e. The molecule has 7 heteroatoms. The molecule has 0 saturated carbocycles. The van der Waals surface area contributed by atoms with Crippen molar-refractivity contribution >= 4 is 39.3 Å². The Bertz CT molecular complexity index is 1370. The Morgan fingerprint density at radius 2 is 2.00 bits per heavy atom. The highest BCUT2D eigenvalue weighted by molar-refractivity contribution is 7.98. The fourth-order valence-corrected chi connectivity index (χ4v) is 5.98. The van der Waals surface area contributed by atoms with E-state index in [-0.39, 0.29) is 11.5 Å². The van der Waals surface area contributed by atoms with Crippen molar-refractivity contribution in [3.05, 3.63) is 80.5 Å². The third-order valence-corrected chi connectivity index (χ3v) is 7.62. The average molecular weight is 463 g/mol. The lowest BCUT2D eigenvalue weighted by Gasteiger charge is -2.16. The highest BCUT2D eigenvalue weighted by Gasteiger charge is 2.16. The molecule has 0 fully saturated rings. The lowest BCUT2D eigenvalue weighted by Crippen LogP contribution is -2.09. The van der Waals surface area contributed by atoms with Gasteiger partial charge in [-0.25, -0.2) is 9.78 Å². The fraction of sp³-hybridized carbons (Fsp3) is 0.240. The van der Waals surface area contributed by atoms with E-state index in [0.29, 0.717) is 21.9 Å². The number of aryl methyl sites for hydroxylation is 2. The van der Waals surface area contributed by atoms with Gasteiger partial charge in [0.15, 0.2) is 5.16 Å². The Hall–Kier alpha value is -2.90. The van der Waals surface area contributed by atoms with Crippen molar-refractivity contribution in [1.29, 1.82) is 0 Å². The standard InChI is InChI=1S/C25H22N2O3S2/c1-30-24(29)19-8-4-5-15(11-19)13-32-25-26-22(28)21-20(14-31-23(21)27-25)18-10-9-16-6-2-3-7-17(16)12-18/h4-5,8-12,14H,2-3,6-7,13H2,1H3,(H,26,27,28). The van der Waals surface area contributed by atoms with Gasteiger partial charge in [0.2, 0.25) is 0 Å². The van der Waals surface area contributed by atoms with Crippen molar-refractivity contribution in [3.8, 4) is 11.1 Å². The number of carbonyl (C=O) groups is 1. The van der Waals surface area contributed by atoms with Gasteiger partial charge >= 0.3 is 5.97 Å². The van der Waals surface area contributed by atoms with Crippen LogP contribution < -0.4 is 5.56 Å². The van der Waals surface area contributed by atoms with Crippen molar-refractivity contribution in [2.45, 2.75) is 36.6 Å². The second kappa shape index (κ2) is 8.92. The van der Waals surface area contributed by atoms with E-state index in [1.165, 1.54) is 54.2 Å². The van der Waals surface area contributed by atoms with E-state index in [9.17, 15) is 9.59 Å². The second-order valence-corrected chi connectivity index (χ2v) is 9.69. The van der Waals surface area contributed by atoms with E-state index < -0.39 is 0 Å². The minimum Gasteiger partial charge on any atom is -0.465 e. The first-order valence-corrected chi connectivity index (χ1v) is 12.4. The van der Waals surface area contributed by atoms with Crippen LogP contribution in [0.5, 0.6) is 0 Å². The summed E-state index contributed by atoms with van der Waals surface area (Å²) in [5.41, 5.74) is 6.23. The van der Waals surface area contributed by atoms with Crippen molar-refractivity contribution in [2.24, 2.45) is 0 Å². The molecule has 0 aliphatic heterocycles. The summed E-state index contributed by atoms with van der Waals surface area (Å²) in [6.45, 7) is 0. The molecular formula is C25H22N2O3S2. The van der Waals surface area contributed by atoms with Gasteiger partial charge in [-0.1, -0.05) is 42.1 Å². The maximum absolute atomic E-state index is 13.0. The summed E-state index contributed by atoms with van der Waals surface area (Å²) in [5, 5.41) is 3.26. The molecule has 0 atom stereocenters. The molecule has 0 bridgehead atoms. The number of fused-ring (bicyclic) bond motifs is 2. The van der Waals surface area contributed by atoms with E-state index in [1.807, 2.05) is 17.5 Å². The number of nitrogens with one attached hydrogen (secondary N) is 1. The lowest BCUT2D eigenvalue weighted by atomic mass is 9.89. The third kappa shape index (κ3) is 4.10. The zero-order valence-electron chi connectivity index (χ0n) is 17.6. The Kier molecular flexibility index (Phi) is 5.85. The molecule has 5 nitrogen and oxygen atoms in total. The number of esters is 1. The Labute approximate surface area is 193 Å². The number of aromatic nitrogens is 2. The van der Waals surface area contributed by atoms with Gasteiger partial charge in [0.25, 0.3) is 5.56 Å². The van der Waals surface area contributed by atoms with Crippen LogP contribution in [0.1, 0.15) is 39.9 Å². The minimum absolute atomic E-state index is 0.116. The number of aromatic amines is 1. The normalized spacial score (nSPS) is 13.2. The number of H-pyrrole nitrogens is 1. The molecule has 0 radical (unpaired) electrons. The molecule has 2 heterocycles. The molecule has 4 aromatic rings. The van der Waals surface area contributed by atoms with Crippen LogP contribution in [0, 0.1) is 0 Å². The molecule has 0 amide bonds.